The Balaban J connectivity index is 4.34. The van der Waals surface area contributed by atoms with Gasteiger partial charge in [-0.1, -0.05) is 4.57 Å². The van der Waals surface area contributed by atoms with Crippen LogP contribution in [-0.2, 0) is 4.57 Å². The maximum absolute atomic E-state index is 10.6. The van der Waals surface area contributed by atoms with E-state index in [0.717, 1.165) is 0 Å². The highest BCUT2D eigenvalue weighted by Crippen LogP contribution is 2.10. The molecule has 0 spiro atoms. The average molecular weight is 190 g/mol. The summed E-state index contributed by atoms with van der Waals surface area (Å²) in [4.78, 5) is 14.5. The van der Waals surface area contributed by atoms with Crippen molar-refractivity contribution in [3.8, 4) is 0 Å². The van der Waals surface area contributed by atoms with Gasteiger partial charge in [0.2, 0.25) is 0 Å². The molecule has 4 nitrogen and oxygen atoms in total. The van der Waals surface area contributed by atoms with Gasteiger partial charge in [-0.05, 0) is 27.7 Å². The zero-order chi connectivity index (χ0) is 9.72. The number of hydrogen-bond donors (Lipinski definition) is 1. The summed E-state index contributed by atoms with van der Waals surface area (Å²) in [5.74, 6) is 0. The van der Waals surface area contributed by atoms with E-state index >= 15 is 0 Å². The van der Waals surface area contributed by atoms with Crippen LogP contribution < -0.4 is 10.2 Å². The van der Waals surface area contributed by atoms with E-state index in [9.17, 15) is 9.46 Å². The largest absolute Gasteiger partial charge is 0.588 e. The lowest BCUT2D eigenvalue weighted by Gasteiger charge is -2.06. The molecule has 0 aliphatic carbocycles. The summed E-state index contributed by atoms with van der Waals surface area (Å²) >= 11 is 0. The smallest absolute Gasteiger partial charge is 0.388 e. The number of aliphatic imine (C=N–C) groups is 1. The zero-order valence-corrected chi connectivity index (χ0v) is 8.76. The normalized spacial score (nSPS) is 13.9. The summed E-state index contributed by atoms with van der Waals surface area (Å²) in [6, 6.07) is 0.0922. The molecule has 0 saturated heterocycles. The standard InChI is InChI=1S/C7H15N2O2P/c1-5(2)8-7(12(10)11)9-6(3)4/h5-6H,1-4H3,(H,8,9). The molecule has 1 atom stereocenters. The van der Waals surface area contributed by atoms with Gasteiger partial charge in [-0.3, -0.25) is 0 Å². The molecular weight excluding hydrogens is 175 g/mol. The van der Waals surface area contributed by atoms with Gasteiger partial charge in [-0.15, -0.1) is 0 Å². The summed E-state index contributed by atoms with van der Waals surface area (Å²) in [6.45, 7) is 7.41. The van der Waals surface area contributed by atoms with E-state index in [1.165, 1.54) is 0 Å². The number of amidine groups is 1. The highest BCUT2D eigenvalue weighted by Gasteiger charge is 2.15. The van der Waals surface area contributed by atoms with E-state index in [0.29, 0.717) is 0 Å². The monoisotopic (exact) mass is 190 g/mol. The maximum Gasteiger partial charge on any atom is 0.388 e. The molecular formula is C7H15N2O2P. The van der Waals surface area contributed by atoms with E-state index in [4.69, 9.17) is 0 Å². The molecule has 0 aliphatic heterocycles. The van der Waals surface area contributed by atoms with Crippen molar-refractivity contribution in [2.45, 2.75) is 39.8 Å². The lowest BCUT2D eigenvalue weighted by molar-refractivity contribution is -0.159. The maximum atomic E-state index is 10.6. The van der Waals surface area contributed by atoms with Gasteiger partial charge in [0.05, 0.1) is 6.04 Å². The van der Waals surface area contributed by atoms with Crippen molar-refractivity contribution in [2.75, 3.05) is 0 Å². The Hall–Kier alpha value is -0.470. The second-order valence-electron chi connectivity index (χ2n) is 3.10. The molecule has 0 rings (SSSR count). The quantitative estimate of drug-likeness (QED) is 0.407. The summed E-state index contributed by atoms with van der Waals surface area (Å²) in [5, 5.41) is 2.76. The van der Waals surface area contributed by atoms with Gasteiger partial charge in [-0.2, -0.15) is 0 Å². The molecule has 0 aliphatic rings. The van der Waals surface area contributed by atoms with Crippen LogP contribution >= 0.6 is 8.03 Å². The lowest BCUT2D eigenvalue weighted by atomic mass is 10.4. The van der Waals surface area contributed by atoms with Gasteiger partial charge in [0, 0.05) is 6.04 Å². The Bertz CT molecular complexity index is 190. The van der Waals surface area contributed by atoms with Crippen molar-refractivity contribution < 1.29 is 9.46 Å². The molecule has 70 valence electrons. The number of nitrogens with zero attached hydrogens (tertiary/aromatic N) is 1. The first-order valence-electron chi connectivity index (χ1n) is 3.92. The van der Waals surface area contributed by atoms with Crippen LogP contribution in [0.3, 0.4) is 0 Å². The third-order valence-corrected chi connectivity index (χ3v) is 1.56. The van der Waals surface area contributed by atoms with Gasteiger partial charge in [0.25, 0.3) is 0 Å². The molecule has 0 aromatic carbocycles. The molecule has 0 fully saturated rings. The van der Waals surface area contributed by atoms with Gasteiger partial charge in [0.1, 0.15) is 0 Å². The lowest BCUT2D eigenvalue weighted by Crippen LogP contribution is -2.30. The van der Waals surface area contributed by atoms with Crippen molar-refractivity contribution in [1.29, 1.82) is 0 Å². The molecule has 0 aromatic heterocycles. The van der Waals surface area contributed by atoms with Crippen LogP contribution in [0, 0.1) is 0 Å². The van der Waals surface area contributed by atoms with Crippen LogP contribution in [-0.4, -0.2) is 17.7 Å². The Morgan fingerprint density at radius 1 is 1.42 bits per heavy atom. The van der Waals surface area contributed by atoms with Crippen LogP contribution in [0.25, 0.3) is 0 Å². The molecule has 0 aromatic rings. The van der Waals surface area contributed by atoms with Crippen molar-refractivity contribution in [1.82, 2.24) is 5.32 Å². The van der Waals surface area contributed by atoms with Gasteiger partial charge in [0.15, 0.2) is 0 Å². The third kappa shape index (κ3) is 5.22. The van der Waals surface area contributed by atoms with Crippen LogP contribution in [0.5, 0.6) is 0 Å². The molecule has 1 unspecified atom stereocenters. The first-order chi connectivity index (χ1) is 5.43. The van der Waals surface area contributed by atoms with Crippen molar-refractivity contribution >= 4 is 13.6 Å². The molecule has 0 radical (unpaired) electrons. The predicted molar refractivity (Wildman–Crippen MR) is 48.4 cm³/mol. The molecule has 0 heterocycles. The van der Waals surface area contributed by atoms with Crippen molar-refractivity contribution in [2.24, 2.45) is 4.99 Å². The topological polar surface area (TPSA) is 64.5 Å². The van der Waals surface area contributed by atoms with Crippen LogP contribution in [0.15, 0.2) is 4.99 Å². The summed E-state index contributed by atoms with van der Waals surface area (Å²) < 4.78 is 10.6. The minimum atomic E-state index is -2.59. The van der Waals surface area contributed by atoms with E-state index < -0.39 is 8.03 Å². The van der Waals surface area contributed by atoms with E-state index in [-0.39, 0.29) is 17.7 Å². The molecule has 0 bridgehead atoms. The zero-order valence-electron chi connectivity index (χ0n) is 7.87. The first kappa shape index (κ1) is 11.5. The Kier molecular flexibility index (Phi) is 5.02. The molecule has 1 N–H and O–H groups in total. The molecule has 12 heavy (non-hydrogen) atoms. The Morgan fingerprint density at radius 2 is 1.92 bits per heavy atom. The second kappa shape index (κ2) is 5.22. The fourth-order valence-electron chi connectivity index (χ4n) is 0.640. The van der Waals surface area contributed by atoms with Crippen molar-refractivity contribution in [3.05, 3.63) is 0 Å². The Morgan fingerprint density at radius 3 is 2.17 bits per heavy atom. The van der Waals surface area contributed by atoms with Crippen LogP contribution in [0.1, 0.15) is 27.7 Å². The number of rotatable bonds is 3. The molecule has 0 amide bonds. The average Bonchev–Trinajstić information content (AvgIpc) is 1.83. The first-order valence-corrected chi connectivity index (χ1v) is 5.10. The highest BCUT2D eigenvalue weighted by atomic mass is 31.1. The second-order valence-corrected chi connectivity index (χ2v) is 4.04. The van der Waals surface area contributed by atoms with Gasteiger partial charge in [-0.25, -0.2) is 4.99 Å². The van der Waals surface area contributed by atoms with Crippen LogP contribution in [0.2, 0.25) is 0 Å². The van der Waals surface area contributed by atoms with Gasteiger partial charge < -0.3 is 10.2 Å². The minimum absolute atomic E-state index is 0.000787. The molecule has 0 saturated carbocycles. The van der Waals surface area contributed by atoms with E-state index in [1.807, 2.05) is 27.7 Å². The minimum Gasteiger partial charge on any atom is -0.588 e. The number of nitrogens with one attached hydrogen (secondary N) is 1. The third-order valence-electron chi connectivity index (χ3n) is 0.971. The van der Waals surface area contributed by atoms with E-state index in [1.54, 1.807) is 0 Å². The Labute approximate surface area is 74.0 Å². The predicted octanol–water partition coefficient (Wildman–Crippen LogP) is 0.851. The highest BCUT2D eigenvalue weighted by molar-refractivity contribution is 7.57. The fourth-order valence-corrected chi connectivity index (χ4v) is 1.33. The van der Waals surface area contributed by atoms with Crippen molar-refractivity contribution in [3.63, 3.8) is 0 Å². The SMILES string of the molecule is CC(C)N=C(NC(C)C)[P+](=O)[O-]. The van der Waals surface area contributed by atoms with Crippen LogP contribution in [0.4, 0.5) is 0 Å². The fraction of sp³-hybridized carbons (Fsp3) is 0.857. The summed E-state index contributed by atoms with van der Waals surface area (Å²) in [6.07, 6.45) is 0. The number of hydrogen-bond acceptors (Lipinski definition) is 3. The summed E-state index contributed by atoms with van der Waals surface area (Å²) in [7, 11) is -2.59. The van der Waals surface area contributed by atoms with Gasteiger partial charge >= 0.3 is 13.6 Å². The van der Waals surface area contributed by atoms with E-state index in [2.05, 4.69) is 10.3 Å². The summed E-state index contributed by atoms with van der Waals surface area (Å²) in [5.41, 5.74) is 0.0787. The molecule has 5 heteroatoms.